The second kappa shape index (κ2) is 9.09. The molecule has 0 saturated heterocycles. The first-order chi connectivity index (χ1) is 7.20. The van der Waals surface area contributed by atoms with Crippen LogP contribution in [0.15, 0.2) is 0 Å². The summed E-state index contributed by atoms with van der Waals surface area (Å²) in [5.74, 6) is 0. The zero-order chi connectivity index (χ0) is 11.5. The van der Waals surface area contributed by atoms with E-state index in [9.17, 15) is 9.59 Å². The van der Waals surface area contributed by atoms with Crippen molar-refractivity contribution in [2.45, 2.75) is 0 Å². The number of amides is 2. The second-order valence-electron chi connectivity index (χ2n) is 2.17. The van der Waals surface area contributed by atoms with Crippen LogP contribution < -0.4 is 10.6 Å². The van der Waals surface area contributed by atoms with Gasteiger partial charge in [0.1, 0.15) is 0 Å². The number of aliphatic hydroxyl groups excluding tert-OH is 2. The molecule has 8 nitrogen and oxygen atoms in total. The number of rotatable bonds is 6. The van der Waals surface area contributed by atoms with E-state index in [-0.39, 0.29) is 12.9 Å². The molecule has 0 aliphatic carbocycles. The van der Waals surface area contributed by atoms with Crippen LogP contribution in [-0.2, 0) is 9.47 Å². The van der Waals surface area contributed by atoms with E-state index in [1.807, 2.05) is 0 Å². The first-order valence-electron chi connectivity index (χ1n) is 4.05. The molecule has 0 rings (SSSR count). The Hall–Kier alpha value is -1.48. The molecule has 0 atom stereocenters. The van der Waals surface area contributed by atoms with Gasteiger partial charge in [0.15, 0.2) is 20.9 Å². The molecule has 0 saturated carbocycles. The first kappa shape index (κ1) is 13.5. The number of hydrogen-bond donors (Lipinski definition) is 4. The topological polar surface area (TPSA) is 117 Å². The molecule has 0 aromatic rings. The predicted molar refractivity (Wildman–Crippen MR) is 48.9 cm³/mol. The Labute approximate surface area is 86.8 Å². The maximum Gasteiger partial charge on any atom is 0.408 e. The van der Waals surface area contributed by atoms with Crippen LogP contribution in [-0.4, -0.2) is 56.2 Å². The van der Waals surface area contributed by atoms with Gasteiger partial charge in [0, 0.05) is 0 Å². The summed E-state index contributed by atoms with van der Waals surface area (Å²) in [6.45, 7) is -1.38. The number of nitrogens with one attached hydrogen (secondary N) is 2. The van der Waals surface area contributed by atoms with Crippen molar-refractivity contribution in [3.05, 3.63) is 0 Å². The lowest BCUT2D eigenvalue weighted by Gasteiger charge is -2.05. The van der Waals surface area contributed by atoms with Crippen LogP contribution in [0.3, 0.4) is 0 Å². The molecule has 0 aliphatic rings. The smallest absolute Gasteiger partial charge is 0.408 e. The summed E-state index contributed by atoms with van der Waals surface area (Å²) >= 11 is 0. The van der Waals surface area contributed by atoms with Crippen molar-refractivity contribution in [2.24, 2.45) is 0 Å². The highest BCUT2D eigenvalue weighted by Gasteiger charge is 2.02. The Morgan fingerprint density at radius 1 is 1.00 bits per heavy atom. The fourth-order valence-corrected chi connectivity index (χ4v) is 0.602. The van der Waals surface area contributed by atoms with Crippen molar-refractivity contribution in [1.82, 2.24) is 10.6 Å². The van der Waals surface area contributed by atoms with Gasteiger partial charge >= 0.3 is 12.2 Å². The maximum absolute atomic E-state index is 10.6. The molecule has 0 aromatic carbocycles. The fourth-order valence-electron chi connectivity index (χ4n) is 0.602. The molecule has 15 heavy (non-hydrogen) atoms. The van der Waals surface area contributed by atoms with Crippen LogP contribution >= 0.6 is 0 Å². The Morgan fingerprint density at radius 3 is 1.73 bits per heavy atom. The van der Waals surface area contributed by atoms with Gasteiger partial charge in [0.05, 0.1) is 0 Å². The molecule has 9 heteroatoms. The third-order valence-electron chi connectivity index (χ3n) is 1.17. The standard InChI is InChI=1S/C6H12BN2O6/c10-3-14-5(12)8-1-7-2-9-6(13)15-4-11/h10-11H,1-4H2,(H,8,12)(H,9,13). The minimum Gasteiger partial charge on any atom is -0.423 e. The van der Waals surface area contributed by atoms with Crippen LogP contribution in [0, 0.1) is 0 Å². The molecule has 0 aromatic heterocycles. The second-order valence-corrected chi connectivity index (χ2v) is 2.17. The molecule has 4 N–H and O–H groups in total. The fraction of sp³-hybridized carbons (Fsp3) is 0.667. The zero-order valence-corrected chi connectivity index (χ0v) is 7.93. The van der Waals surface area contributed by atoms with Crippen LogP contribution in [0.4, 0.5) is 9.59 Å². The number of hydrogen-bond acceptors (Lipinski definition) is 6. The number of carbonyl (C=O) groups excluding carboxylic acids is 2. The lowest BCUT2D eigenvalue weighted by Crippen LogP contribution is -2.35. The summed E-state index contributed by atoms with van der Waals surface area (Å²) in [6, 6.07) is 0. The quantitative estimate of drug-likeness (QED) is 0.232. The number of alkyl carbamates (subject to hydrolysis) is 2. The summed E-state index contributed by atoms with van der Waals surface area (Å²) in [5, 5.41) is 20.9. The van der Waals surface area contributed by atoms with Crippen molar-refractivity contribution >= 4 is 19.5 Å². The summed E-state index contributed by atoms with van der Waals surface area (Å²) < 4.78 is 8.30. The van der Waals surface area contributed by atoms with Crippen molar-refractivity contribution < 1.29 is 29.3 Å². The van der Waals surface area contributed by atoms with Crippen LogP contribution in [0.5, 0.6) is 0 Å². The van der Waals surface area contributed by atoms with E-state index in [0.29, 0.717) is 0 Å². The largest absolute Gasteiger partial charge is 0.423 e. The first-order valence-corrected chi connectivity index (χ1v) is 4.05. The van der Waals surface area contributed by atoms with Crippen molar-refractivity contribution in [2.75, 3.05) is 26.5 Å². The normalized spacial score (nSPS) is 8.93. The van der Waals surface area contributed by atoms with Gasteiger partial charge in [-0.25, -0.2) is 9.59 Å². The van der Waals surface area contributed by atoms with E-state index in [1.54, 1.807) is 0 Å². The van der Waals surface area contributed by atoms with Crippen molar-refractivity contribution in [3.63, 3.8) is 0 Å². The van der Waals surface area contributed by atoms with E-state index in [4.69, 9.17) is 10.2 Å². The summed E-state index contributed by atoms with van der Waals surface area (Å²) in [7, 11) is 1.53. The van der Waals surface area contributed by atoms with E-state index in [2.05, 4.69) is 20.1 Å². The molecule has 2 amide bonds. The van der Waals surface area contributed by atoms with Gasteiger partial charge in [-0.15, -0.1) is 0 Å². The number of ether oxygens (including phenoxy) is 2. The third kappa shape index (κ3) is 8.84. The predicted octanol–water partition coefficient (Wildman–Crippen LogP) is -2.04. The lowest BCUT2D eigenvalue weighted by atomic mass is 9.79. The minimum absolute atomic E-state index is 0.165. The van der Waals surface area contributed by atoms with Crippen molar-refractivity contribution in [3.8, 4) is 0 Å². The Morgan fingerprint density at radius 2 is 1.40 bits per heavy atom. The summed E-state index contributed by atoms with van der Waals surface area (Å²) in [5.41, 5.74) is 0. The Bertz CT molecular complexity index is 182. The third-order valence-corrected chi connectivity index (χ3v) is 1.17. The highest BCUT2D eigenvalue weighted by atomic mass is 16.6. The van der Waals surface area contributed by atoms with Gasteiger partial charge in [0.2, 0.25) is 0 Å². The van der Waals surface area contributed by atoms with E-state index < -0.39 is 25.8 Å². The highest BCUT2D eigenvalue weighted by molar-refractivity contribution is 6.36. The maximum atomic E-state index is 10.6. The monoisotopic (exact) mass is 219 g/mol. The molecule has 1 radical (unpaired) electrons. The van der Waals surface area contributed by atoms with Crippen LogP contribution in [0.2, 0.25) is 0 Å². The molecule has 0 fully saturated rings. The van der Waals surface area contributed by atoms with Gasteiger partial charge in [-0.2, -0.15) is 0 Å². The minimum atomic E-state index is -0.758. The molecule has 0 spiro atoms. The van der Waals surface area contributed by atoms with Crippen LogP contribution in [0.25, 0.3) is 0 Å². The average molecular weight is 219 g/mol. The molecular weight excluding hydrogens is 207 g/mol. The van der Waals surface area contributed by atoms with Gasteiger partial charge in [-0.05, 0) is 12.9 Å². The highest BCUT2D eigenvalue weighted by Crippen LogP contribution is 1.74. The Balaban J connectivity index is 3.24. The summed E-state index contributed by atoms with van der Waals surface area (Å²) in [4.78, 5) is 21.2. The SMILES string of the molecule is O=C(NC[B]CNC(=O)OCO)OCO. The number of aliphatic hydroxyl groups is 2. The zero-order valence-electron chi connectivity index (χ0n) is 7.93. The summed E-state index contributed by atoms with van der Waals surface area (Å²) in [6.07, 6.45) is -1.19. The van der Waals surface area contributed by atoms with E-state index >= 15 is 0 Å². The average Bonchev–Trinajstić information content (AvgIpc) is 2.18. The molecule has 0 aliphatic heterocycles. The van der Waals surface area contributed by atoms with E-state index in [0.717, 1.165) is 0 Å². The molecule has 0 unspecified atom stereocenters. The van der Waals surface area contributed by atoms with Gasteiger partial charge in [0.25, 0.3) is 0 Å². The van der Waals surface area contributed by atoms with Crippen molar-refractivity contribution in [1.29, 1.82) is 0 Å². The molecule has 0 heterocycles. The van der Waals surface area contributed by atoms with Gasteiger partial charge < -0.3 is 30.3 Å². The molecular formula is C6H12BN2O6. The van der Waals surface area contributed by atoms with E-state index in [1.165, 1.54) is 7.28 Å². The Kier molecular flexibility index (Phi) is 8.20. The molecule has 85 valence electrons. The lowest BCUT2D eigenvalue weighted by molar-refractivity contribution is 0.0445. The van der Waals surface area contributed by atoms with Gasteiger partial charge in [-0.3, -0.25) is 0 Å². The van der Waals surface area contributed by atoms with Gasteiger partial charge in [-0.1, -0.05) is 0 Å². The molecule has 0 bridgehead atoms. The number of carbonyl (C=O) groups is 2. The van der Waals surface area contributed by atoms with Crippen LogP contribution in [0.1, 0.15) is 0 Å².